The van der Waals surface area contributed by atoms with Crippen LogP contribution < -0.4 is 14.2 Å². The summed E-state index contributed by atoms with van der Waals surface area (Å²) in [7, 11) is -3.26. The predicted octanol–water partition coefficient (Wildman–Crippen LogP) is 4.18. The number of tetrazole rings is 1. The Hall–Kier alpha value is -3.79. The third kappa shape index (κ3) is 8.11. The molecule has 38 heavy (non-hydrogen) atoms. The van der Waals surface area contributed by atoms with E-state index in [9.17, 15) is 17.8 Å². The molecule has 3 aromatic carbocycles. The lowest BCUT2D eigenvalue weighted by Crippen LogP contribution is -2.10. The number of carbonyl (C=O) groups excluding carboxylic acids is 1. The van der Waals surface area contributed by atoms with Gasteiger partial charge in [0.1, 0.15) is 5.75 Å². The van der Waals surface area contributed by atoms with Crippen molar-refractivity contribution in [2.24, 2.45) is 4.36 Å². The second-order valence-corrected chi connectivity index (χ2v) is 11.3. The molecule has 0 aliphatic rings. The summed E-state index contributed by atoms with van der Waals surface area (Å²) >= 11 is -0.420. The van der Waals surface area contributed by atoms with Gasteiger partial charge < -0.3 is 14.1 Å². The molecule has 2 atom stereocenters. The fourth-order valence-electron chi connectivity index (χ4n) is 3.13. The number of anilines is 2. The van der Waals surface area contributed by atoms with Gasteiger partial charge in [0.25, 0.3) is 0 Å². The van der Waals surface area contributed by atoms with Crippen molar-refractivity contribution in [3.05, 3.63) is 78.4 Å². The second-order valence-electron chi connectivity index (χ2n) is 7.86. The number of thioether (sulfide) groups is 1. The molecule has 4 rings (SSSR count). The molecule has 0 fully saturated rings. The number of benzene rings is 3. The Morgan fingerprint density at radius 1 is 1.13 bits per heavy atom. The Morgan fingerprint density at radius 3 is 2.55 bits per heavy atom. The van der Waals surface area contributed by atoms with Crippen LogP contribution in [0.4, 0.5) is 17.1 Å². The van der Waals surface area contributed by atoms with Gasteiger partial charge in [-0.25, -0.2) is 4.21 Å². The van der Waals surface area contributed by atoms with Gasteiger partial charge >= 0.3 is 11.3 Å². The zero-order valence-corrected chi connectivity index (χ0v) is 22.6. The zero-order valence-electron chi connectivity index (χ0n) is 20.2. The highest BCUT2D eigenvalue weighted by Crippen LogP contribution is 2.25. The molecule has 0 saturated carbocycles. The number of hydrogen-bond donors (Lipinski definition) is 3. The van der Waals surface area contributed by atoms with Gasteiger partial charge in [0, 0.05) is 30.3 Å². The van der Waals surface area contributed by atoms with Crippen LogP contribution in [0.5, 0.6) is 5.75 Å². The van der Waals surface area contributed by atoms with E-state index < -0.39 is 21.3 Å². The molecule has 15 heteroatoms. The lowest BCUT2D eigenvalue weighted by molar-refractivity contribution is -0.114. The minimum absolute atomic E-state index is 0.166. The van der Waals surface area contributed by atoms with Crippen LogP contribution in [0.3, 0.4) is 0 Å². The fourth-order valence-corrected chi connectivity index (χ4v) is 5.14. The molecule has 1 amide bonds. The highest BCUT2D eigenvalue weighted by molar-refractivity contribution is 7.98. The highest BCUT2D eigenvalue weighted by atomic mass is 32.2. The van der Waals surface area contributed by atoms with E-state index in [1.54, 1.807) is 28.9 Å². The van der Waals surface area contributed by atoms with Crippen molar-refractivity contribution in [1.82, 2.24) is 20.2 Å². The number of hydrogen-bond acceptors (Lipinski definition) is 9. The summed E-state index contributed by atoms with van der Waals surface area (Å²) in [5.41, 5.74) is 3.26. The number of aromatic nitrogens is 4. The standard InChI is InChI=1S/C23H23N7O5S3/c1-16(31)24-20-4-3-5-21(14-20)30-23(25-28-29-30)36-15-17-6-8-18(9-7-17)26-37(32)35-22-12-10-19(11-13-22)27-38(2,33)34/h3-14,26H,15H2,1-2H3,(H,24,31)(H,27,33,34). The van der Waals surface area contributed by atoms with Gasteiger partial charge in [0.15, 0.2) is 10.0 Å². The first-order valence-electron chi connectivity index (χ1n) is 10.9. The van der Waals surface area contributed by atoms with Gasteiger partial charge in [-0.1, -0.05) is 30.0 Å². The molecule has 12 nitrogen and oxygen atoms in total. The third-order valence-electron chi connectivity index (χ3n) is 4.66. The summed E-state index contributed by atoms with van der Waals surface area (Å²) in [4.78, 5) is 11.3. The van der Waals surface area contributed by atoms with Crippen molar-refractivity contribution in [3.63, 3.8) is 0 Å². The van der Waals surface area contributed by atoms with E-state index in [1.165, 1.54) is 43.0 Å². The van der Waals surface area contributed by atoms with Crippen LogP contribution in [0.15, 0.2) is 82.3 Å². The lowest BCUT2D eigenvalue weighted by Gasteiger charge is -2.09. The van der Waals surface area contributed by atoms with Crippen LogP contribution in [0.25, 0.3) is 5.69 Å². The Bertz CT molecular complexity index is 1560. The molecular weight excluding hydrogens is 550 g/mol. The normalized spacial score (nSPS) is 13.2. The van der Waals surface area contributed by atoms with Crippen molar-refractivity contribution in [3.8, 4) is 11.4 Å². The summed E-state index contributed by atoms with van der Waals surface area (Å²) in [5, 5.41) is 15.2. The van der Waals surface area contributed by atoms with E-state index in [2.05, 4.69) is 29.9 Å². The second kappa shape index (κ2) is 12.2. The molecule has 0 saturated heterocycles. The van der Waals surface area contributed by atoms with Gasteiger partial charge in [0.2, 0.25) is 11.1 Å². The van der Waals surface area contributed by atoms with Crippen molar-refractivity contribution >= 4 is 56.0 Å². The maximum Gasteiger partial charge on any atom is 0.316 e. The first-order chi connectivity index (χ1) is 18.1. The predicted molar refractivity (Wildman–Crippen MR) is 147 cm³/mol. The van der Waals surface area contributed by atoms with Gasteiger partial charge in [-0.05, 0) is 70.6 Å². The van der Waals surface area contributed by atoms with Crippen LogP contribution in [0.1, 0.15) is 12.5 Å². The zero-order chi connectivity index (χ0) is 27.1. The van der Waals surface area contributed by atoms with Crippen LogP contribution in [0, 0.1) is 0 Å². The monoisotopic (exact) mass is 573 g/mol. The molecule has 0 radical (unpaired) electrons. The van der Waals surface area contributed by atoms with Crippen molar-refractivity contribution in [2.75, 3.05) is 16.3 Å². The number of amides is 1. The summed E-state index contributed by atoms with van der Waals surface area (Å²) < 4.78 is 46.3. The maximum atomic E-state index is 12.3. The minimum atomic E-state index is -3.26. The molecule has 0 bridgehead atoms. The van der Waals surface area contributed by atoms with E-state index in [0.29, 0.717) is 39.4 Å². The smallest absolute Gasteiger partial charge is 0.316 e. The highest BCUT2D eigenvalue weighted by Gasteiger charge is 2.11. The fraction of sp³-hybridized carbons (Fsp3) is 0.130. The summed E-state index contributed by atoms with van der Waals surface area (Å²) in [6, 6.07) is 20.5. The summed E-state index contributed by atoms with van der Waals surface area (Å²) in [6.45, 7) is 1.44. The number of nitrogens with zero attached hydrogens (tertiary/aromatic N) is 5. The van der Waals surface area contributed by atoms with Gasteiger partial charge in [0.05, 0.1) is 11.4 Å². The Balaban J connectivity index is 1.32. The Morgan fingerprint density at radius 2 is 1.87 bits per heavy atom. The van der Waals surface area contributed by atoms with Gasteiger partial charge in [-0.2, -0.15) is 13.3 Å². The van der Waals surface area contributed by atoms with Gasteiger partial charge in [-0.15, -0.1) is 5.10 Å². The summed E-state index contributed by atoms with van der Waals surface area (Å²) in [6.07, 6.45) is 1.11. The van der Waals surface area contributed by atoms with Crippen LogP contribution in [-0.4, -0.2) is 45.3 Å². The largest absolute Gasteiger partial charge is 0.385 e. The summed E-state index contributed by atoms with van der Waals surface area (Å²) in [5.74, 6) is 0.727. The van der Waals surface area contributed by atoms with Gasteiger partial charge in [-0.3, -0.25) is 9.52 Å². The van der Waals surface area contributed by atoms with Crippen molar-refractivity contribution in [1.29, 1.82) is 0 Å². The van der Waals surface area contributed by atoms with Crippen LogP contribution >= 0.6 is 11.8 Å². The molecular formula is C23H23N7O5S3. The Kier molecular flexibility index (Phi) is 8.73. The molecule has 3 N–H and O–H groups in total. The van der Waals surface area contributed by atoms with Crippen molar-refractivity contribution in [2.45, 2.75) is 17.8 Å². The quantitative estimate of drug-likeness (QED) is 0.236. The number of nitrogens with one attached hydrogen (secondary N) is 2. The average Bonchev–Trinajstić information content (AvgIpc) is 3.32. The molecule has 1 heterocycles. The molecule has 1 aromatic heterocycles. The average molecular weight is 574 g/mol. The van der Waals surface area contributed by atoms with Crippen molar-refractivity contribution < 1.29 is 21.9 Å². The Labute approximate surface area is 226 Å². The SMILES string of the molecule is CC(=O)Nc1cccc(-n2nnnc2SCc2ccc(NS(=O)Oc3ccc(N=S(C)(=O)O)cc3)cc2)c1. The van der Waals surface area contributed by atoms with E-state index in [4.69, 9.17) is 4.18 Å². The molecule has 0 spiro atoms. The van der Waals surface area contributed by atoms with E-state index >= 15 is 0 Å². The van der Waals surface area contributed by atoms with Crippen LogP contribution in [0.2, 0.25) is 0 Å². The molecule has 0 aliphatic heterocycles. The van der Waals surface area contributed by atoms with E-state index in [-0.39, 0.29) is 5.91 Å². The molecule has 198 valence electrons. The number of carbonyl (C=O) groups is 1. The third-order valence-corrected chi connectivity index (χ3v) is 6.94. The minimum Gasteiger partial charge on any atom is -0.385 e. The molecule has 4 aromatic rings. The molecule has 0 aliphatic carbocycles. The first-order valence-corrected chi connectivity index (χ1v) is 14.9. The number of rotatable bonds is 10. The van der Waals surface area contributed by atoms with E-state index in [1.807, 2.05) is 24.3 Å². The topological polar surface area (TPSA) is 161 Å². The lowest BCUT2D eigenvalue weighted by atomic mass is 10.2. The first kappa shape index (κ1) is 27.3. The maximum absolute atomic E-state index is 12.3. The van der Waals surface area contributed by atoms with E-state index in [0.717, 1.165) is 11.8 Å². The van der Waals surface area contributed by atoms with Crippen LogP contribution in [-0.2, 0) is 31.8 Å². The molecule has 2 unspecified atom stereocenters.